The fourth-order valence-corrected chi connectivity index (χ4v) is 7.13. The number of benzene rings is 1. The Labute approximate surface area is 125 Å². The molecule has 1 aliphatic rings. The SMILES string of the molecule is CCCCC[Si@H]1CC[C@H](CCc2ccc(F)cc2)CC1. The summed E-state index contributed by atoms with van der Waals surface area (Å²) in [4.78, 5) is 0. The van der Waals surface area contributed by atoms with Crippen LogP contribution in [0.25, 0.3) is 0 Å². The van der Waals surface area contributed by atoms with Gasteiger partial charge in [0.05, 0.1) is 0 Å². The molecule has 1 aromatic rings. The van der Waals surface area contributed by atoms with Crippen LogP contribution < -0.4 is 0 Å². The molecule has 20 heavy (non-hydrogen) atoms. The quantitative estimate of drug-likeness (QED) is 0.454. The number of halogens is 1. The van der Waals surface area contributed by atoms with E-state index in [1.54, 1.807) is 30.3 Å². The van der Waals surface area contributed by atoms with Crippen LogP contribution in [0.3, 0.4) is 0 Å². The molecular formula is C18H29FSi. The van der Waals surface area contributed by atoms with E-state index in [2.05, 4.69) is 6.92 Å². The molecule has 0 bridgehead atoms. The minimum Gasteiger partial charge on any atom is -0.207 e. The van der Waals surface area contributed by atoms with E-state index in [1.807, 2.05) is 12.1 Å². The zero-order valence-corrected chi connectivity index (χ0v) is 14.1. The molecule has 1 aromatic carbocycles. The van der Waals surface area contributed by atoms with Crippen LogP contribution in [0.1, 0.15) is 51.0 Å². The van der Waals surface area contributed by atoms with Crippen molar-refractivity contribution in [2.45, 2.75) is 70.0 Å². The third-order valence-electron chi connectivity index (χ3n) is 4.94. The van der Waals surface area contributed by atoms with E-state index in [0.29, 0.717) is 0 Å². The Hall–Kier alpha value is -0.633. The Kier molecular flexibility index (Phi) is 6.78. The Bertz CT molecular complexity index is 366. The summed E-state index contributed by atoms with van der Waals surface area (Å²) in [6, 6.07) is 11.8. The minimum atomic E-state index is -0.351. The molecule has 0 aromatic heterocycles. The highest BCUT2D eigenvalue weighted by Gasteiger charge is 2.21. The first kappa shape index (κ1) is 15.8. The van der Waals surface area contributed by atoms with Gasteiger partial charge in [-0.1, -0.05) is 69.3 Å². The standard InChI is InChI=1S/C18H29FSi/c1-2-3-4-13-20-14-11-17(12-15-20)6-5-16-7-9-18(19)10-8-16/h7-10,17,20H,2-6,11-15H2,1H3/t17-,20-. The van der Waals surface area contributed by atoms with Gasteiger partial charge in [0.1, 0.15) is 5.82 Å². The number of rotatable bonds is 7. The Morgan fingerprint density at radius 1 is 1.10 bits per heavy atom. The maximum absolute atomic E-state index is 12.9. The van der Waals surface area contributed by atoms with E-state index < -0.39 is 0 Å². The molecule has 0 unspecified atom stereocenters. The van der Waals surface area contributed by atoms with Crippen LogP contribution in [-0.2, 0) is 6.42 Å². The molecular weight excluding hydrogens is 263 g/mol. The maximum atomic E-state index is 12.9. The molecule has 0 nitrogen and oxygen atoms in total. The summed E-state index contributed by atoms with van der Waals surface area (Å²) in [7, 11) is -0.351. The third-order valence-corrected chi connectivity index (χ3v) is 8.46. The van der Waals surface area contributed by atoms with Crippen molar-refractivity contribution in [3.63, 3.8) is 0 Å². The molecule has 1 fully saturated rings. The fraction of sp³-hybridized carbons (Fsp3) is 0.667. The highest BCUT2D eigenvalue weighted by Crippen LogP contribution is 2.31. The van der Waals surface area contributed by atoms with Gasteiger partial charge in [-0.3, -0.25) is 0 Å². The maximum Gasteiger partial charge on any atom is 0.123 e. The lowest BCUT2D eigenvalue weighted by atomic mass is 9.94. The smallest absolute Gasteiger partial charge is 0.123 e. The van der Waals surface area contributed by atoms with Gasteiger partial charge in [0.15, 0.2) is 0 Å². The van der Waals surface area contributed by atoms with Gasteiger partial charge in [-0.25, -0.2) is 4.39 Å². The van der Waals surface area contributed by atoms with Crippen LogP contribution >= 0.6 is 0 Å². The number of unbranched alkanes of at least 4 members (excludes halogenated alkanes) is 2. The van der Waals surface area contributed by atoms with Crippen LogP contribution in [0.5, 0.6) is 0 Å². The molecule has 0 spiro atoms. The van der Waals surface area contributed by atoms with E-state index >= 15 is 0 Å². The zero-order chi connectivity index (χ0) is 14.2. The van der Waals surface area contributed by atoms with Crippen LogP contribution in [0, 0.1) is 11.7 Å². The first-order valence-electron chi connectivity index (χ1n) is 8.52. The summed E-state index contributed by atoms with van der Waals surface area (Å²) in [5.41, 5.74) is 1.30. The molecule has 0 atom stereocenters. The average molecular weight is 293 g/mol. The summed E-state index contributed by atoms with van der Waals surface area (Å²) >= 11 is 0. The predicted octanol–water partition coefficient (Wildman–Crippen LogP) is 5.59. The van der Waals surface area contributed by atoms with E-state index in [1.165, 1.54) is 44.1 Å². The monoisotopic (exact) mass is 292 g/mol. The molecule has 0 radical (unpaired) electrons. The third kappa shape index (κ3) is 5.39. The fourth-order valence-electron chi connectivity index (χ4n) is 3.51. The first-order chi connectivity index (χ1) is 9.78. The minimum absolute atomic E-state index is 0.118. The molecule has 0 N–H and O–H groups in total. The molecule has 1 heterocycles. The normalized spacial score (nSPS) is 22.9. The highest BCUT2D eigenvalue weighted by atomic mass is 28.3. The van der Waals surface area contributed by atoms with Crippen molar-refractivity contribution in [1.29, 1.82) is 0 Å². The Balaban J connectivity index is 1.63. The number of hydrogen-bond acceptors (Lipinski definition) is 0. The van der Waals surface area contributed by atoms with Crippen molar-refractivity contribution >= 4 is 8.80 Å². The van der Waals surface area contributed by atoms with Crippen LogP contribution in [0.2, 0.25) is 18.1 Å². The van der Waals surface area contributed by atoms with Crippen molar-refractivity contribution in [2.75, 3.05) is 0 Å². The summed E-state index contributed by atoms with van der Waals surface area (Å²) < 4.78 is 12.9. The van der Waals surface area contributed by atoms with Crippen LogP contribution in [0.15, 0.2) is 24.3 Å². The molecule has 0 saturated carbocycles. The molecule has 2 heteroatoms. The first-order valence-corrected chi connectivity index (χ1v) is 11.0. The van der Waals surface area contributed by atoms with Gasteiger partial charge in [-0.05, 0) is 36.5 Å². The summed E-state index contributed by atoms with van der Waals surface area (Å²) in [5, 5.41) is 0. The second-order valence-electron chi connectivity index (χ2n) is 6.55. The van der Waals surface area contributed by atoms with E-state index in [0.717, 1.165) is 12.3 Å². The Morgan fingerprint density at radius 2 is 1.80 bits per heavy atom. The average Bonchev–Trinajstić information content (AvgIpc) is 2.48. The molecule has 1 aliphatic heterocycles. The van der Waals surface area contributed by atoms with Gasteiger partial charge in [-0.15, -0.1) is 0 Å². The largest absolute Gasteiger partial charge is 0.207 e. The van der Waals surface area contributed by atoms with Gasteiger partial charge in [0.25, 0.3) is 0 Å². The zero-order valence-electron chi connectivity index (χ0n) is 12.9. The molecule has 0 amide bonds. The van der Waals surface area contributed by atoms with Crippen molar-refractivity contribution in [1.82, 2.24) is 0 Å². The van der Waals surface area contributed by atoms with Crippen LogP contribution in [0.4, 0.5) is 4.39 Å². The predicted molar refractivity (Wildman–Crippen MR) is 88.5 cm³/mol. The van der Waals surface area contributed by atoms with E-state index in [9.17, 15) is 4.39 Å². The van der Waals surface area contributed by atoms with Crippen LogP contribution in [-0.4, -0.2) is 8.80 Å². The van der Waals surface area contributed by atoms with E-state index in [4.69, 9.17) is 0 Å². The summed E-state index contributed by atoms with van der Waals surface area (Å²) in [6.45, 7) is 2.30. The number of hydrogen-bond donors (Lipinski definition) is 0. The second kappa shape index (κ2) is 8.61. The summed E-state index contributed by atoms with van der Waals surface area (Å²) in [6.07, 6.45) is 9.69. The lowest BCUT2D eigenvalue weighted by Crippen LogP contribution is -2.21. The summed E-state index contributed by atoms with van der Waals surface area (Å²) in [5.74, 6) is 0.822. The lowest BCUT2D eigenvalue weighted by Gasteiger charge is -2.27. The van der Waals surface area contributed by atoms with E-state index in [-0.39, 0.29) is 14.6 Å². The van der Waals surface area contributed by atoms with Crippen molar-refractivity contribution < 1.29 is 4.39 Å². The van der Waals surface area contributed by atoms with Gasteiger partial charge >= 0.3 is 0 Å². The number of aryl methyl sites for hydroxylation is 1. The molecule has 1 saturated heterocycles. The topological polar surface area (TPSA) is 0 Å². The van der Waals surface area contributed by atoms with Gasteiger partial charge < -0.3 is 0 Å². The highest BCUT2D eigenvalue weighted by molar-refractivity contribution is 6.58. The molecule has 112 valence electrons. The molecule has 2 rings (SSSR count). The Morgan fingerprint density at radius 3 is 2.45 bits per heavy atom. The molecule has 0 aliphatic carbocycles. The van der Waals surface area contributed by atoms with Crippen molar-refractivity contribution in [2.24, 2.45) is 5.92 Å². The second-order valence-corrected chi connectivity index (χ2v) is 10.0. The van der Waals surface area contributed by atoms with Gasteiger partial charge in [0, 0.05) is 8.80 Å². The van der Waals surface area contributed by atoms with Crippen molar-refractivity contribution in [3.05, 3.63) is 35.6 Å². The van der Waals surface area contributed by atoms with Gasteiger partial charge in [0.2, 0.25) is 0 Å². The lowest BCUT2D eigenvalue weighted by molar-refractivity contribution is 0.437. The van der Waals surface area contributed by atoms with Gasteiger partial charge in [-0.2, -0.15) is 0 Å². The van der Waals surface area contributed by atoms with Crippen molar-refractivity contribution in [3.8, 4) is 0 Å².